The average molecular weight is 292 g/mol. The van der Waals surface area contributed by atoms with E-state index >= 15 is 0 Å². The van der Waals surface area contributed by atoms with Crippen LogP contribution in [0.3, 0.4) is 0 Å². The zero-order valence-electron chi connectivity index (χ0n) is 8.72. The minimum Gasteiger partial charge on any atom is -0.261 e. The van der Waals surface area contributed by atoms with Gasteiger partial charge < -0.3 is 0 Å². The van der Waals surface area contributed by atoms with Crippen molar-refractivity contribution in [3.05, 3.63) is 30.1 Å². The molecular weight excluding hydrogens is 278 g/mol. The lowest BCUT2D eigenvalue weighted by Gasteiger charge is -2.16. The van der Waals surface area contributed by atoms with Gasteiger partial charge in [-0.2, -0.15) is 0 Å². The third-order valence-electron chi connectivity index (χ3n) is 2.16. The van der Waals surface area contributed by atoms with E-state index in [2.05, 4.69) is 20.9 Å². The molecule has 1 aromatic rings. The maximum atomic E-state index is 11.1. The first-order valence-electron chi connectivity index (χ1n) is 4.63. The molecule has 0 fully saturated rings. The Morgan fingerprint density at radius 2 is 2.13 bits per heavy atom. The number of aromatic nitrogens is 1. The minimum atomic E-state index is -2.95. The lowest BCUT2D eigenvalue weighted by Crippen LogP contribution is -2.20. The Morgan fingerprint density at radius 3 is 2.60 bits per heavy atom. The molecule has 0 amide bonds. The van der Waals surface area contributed by atoms with Crippen molar-refractivity contribution in [2.45, 2.75) is 17.7 Å². The predicted molar refractivity (Wildman–Crippen MR) is 65.1 cm³/mol. The van der Waals surface area contributed by atoms with Crippen molar-refractivity contribution in [1.29, 1.82) is 0 Å². The molecule has 84 valence electrons. The van der Waals surface area contributed by atoms with Crippen LogP contribution < -0.4 is 0 Å². The molecule has 0 radical (unpaired) electrons. The fourth-order valence-corrected chi connectivity index (χ4v) is 3.84. The number of rotatable bonds is 4. The molecule has 0 saturated heterocycles. The molecular formula is C10H14BrNO2S. The van der Waals surface area contributed by atoms with Crippen molar-refractivity contribution >= 4 is 25.8 Å². The van der Waals surface area contributed by atoms with Gasteiger partial charge in [0.1, 0.15) is 9.84 Å². The number of alkyl halides is 1. The van der Waals surface area contributed by atoms with E-state index < -0.39 is 9.84 Å². The molecule has 1 heterocycles. The minimum absolute atomic E-state index is 0.0842. The lowest BCUT2D eigenvalue weighted by molar-refractivity contribution is 0.595. The topological polar surface area (TPSA) is 47.0 Å². The van der Waals surface area contributed by atoms with Gasteiger partial charge in [0.15, 0.2) is 0 Å². The van der Waals surface area contributed by atoms with Crippen molar-refractivity contribution in [2.75, 3.05) is 12.0 Å². The van der Waals surface area contributed by atoms with Crippen LogP contribution in [0.4, 0.5) is 0 Å². The van der Waals surface area contributed by atoms with Crippen LogP contribution in [0, 0.1) is 0 Å². The Labute approximate surface area is 99.0 Å². The highest BCUT2D eigenvalue weighted by molar-refractivity contribution is 9.09. The Hall–Kier alpha value is -0.420. The summed E-state index contributed by atoms with van der Waals surface area (Å²) in [6, 6.07) is 5.65. The molecule has 0 N–H and O–H groups in total. The van der Waals surface area contributed by atoms with Crippen LogP contribution in [0.2, 0.25) is 0 Å². The van der Waals surface area contributed by atoms with E-state index in [-0.39, 0.29) is 16.5 Å². The summed E-state index contributed by atoms with van der Waals surface area (Å²) in [5, 5.41) is 0. The van der Waals surface area contributed by atoms with Crippen LogP contribution in [-0.2, 0) is 9.84 Å². The Balaban J connectivity index is 2.73. The Bertz CT molecular complexity index is 405. The predicted octanol–water partition coefficient (Wildman–Crippen LogP) is 1.99. The van der Waals surface area contributed by atoms with E-state index in [1.165, 1.54) is 6.26 Å². The first-order chi connectivity index (χ1) is 6.90. The zero-order chi connectivity index (χ0) is 11.5. The molecule has 2 atom stereocenters. The van der Waals surface area contributed by atoms with Crippen LogP contribution in [0.1, 0.15) is 18.5 Å². The van der Waals surface area contributed by atoms with Crippen molar-refractivity contribution in [1.82, 2.24) is 4.98 Å². The standard InChI is InChI=1S/C10H14BrNO2S/c1-8(9(11)7-15(2,13)14)10-5-3-4-6-12-10/h3-6,8-9H,7H2,1-2H3. The SMILES string of the molecule is CC(c1ccccn1)C(Br)CS(C)(=O)=O. The van der Waals surface area contributed by atoms with Crippen molar-refractivity contribution in [3.8, 4) is 0 Å². The van der Waals surface area contributed by atoms with Gasteiger partial charge in [-0.3, -0.25) is 4.98 Å². The molecule has 0 bridgehead atoms. The molecule has 0 aliphatic rings. The second kappa shape index (κ2) is 5.07. The summed E-state index contributed by atoms with van der Waals surface area (Å²) in [6.45, 7) is 1.97. The van der Waals surface area contributed by atoms with Crippen molar-refractivity contribution < 1.29 is 8.42 Å². The van der Waals surface area contributed by atoms with Gasteiger partial charge in [-0.1, -0.05) is 28.9 Å². The van der Waals surface area contributed by atoms with E-state index in [4.69, 9.17) is 0 Å². The highest BCUT2D eigenvalue weighted by Crippen LogP contribution is 2.23. The largest absolute Gasteiger partial charge is 0.261 e. The van der Waals surface area contributed by atoms with Crippen molar-refractivity contribution in [3.63, 3.8) is 0 Å². The molecule has 0 spiro atoms. The van der Waals surface area contributed by atoms with Crippen molar-refractivity contribution in [2.24, 2.45) is 0 Å². The highest BCUT2D eigenvalue weighted by Gasteiger charge is 2.20. The summed E-state index contributed by atoms with van der Waals surface area (Å²) in [6.07, 6.45) is 2.96. The smallest absolute Gasteiger partial charge is 0.148 e. The fourth-order valence-electron chi connectivity index (χ4n) is 1.26. The second-order valence-electron chi connectivity index (χ2n) is 3.65. The summed E-state index contributed by atoms with van der Waals surface area (Å²) in [5.74, 6) is 0.214. The fraction of sp³-hybridized carbons (Fsp3) is 0.500. The van der Waals surface area contributed by atoms with Crippen LogP contribution >= 0.6 is 15.9 Å². The monoisotopic (exact) mass is 291 g/mol. The van der Waals surface area contributed by atoms with Gasteiger partial charge in [-0.15, -0.1) is 0 Å². The summed E-state index contributed by atoms with van der Waals surface area (Å²) >= 11 is 3.40. The maximum absolute atomic E-state index is 11.1. The normalized spacial score (nSPS) is 15.9. The van der Waals surface area contributed by atoms with Crippen LogP contribution in [0.15, 0.2) is 24.4 Å². The number of nitrogens with zero attached hydrogens (tertiary/aromatic N) is 1. The molecule has 1 rings (SSSR count). The molecule has 2 unspecified atom stereocenters. The number of hydrogen-bond acceptors (Lipinski definition) is 3. The Kier molecular flexibility index (Phi) is 4.28. The van der Waals surface area contributed by atoms with E-state index in [9.17, 15) is 8.42 Å². The molecule has 0 saturated carbocycles. The highest BCUT2D eigenvalue weighted by atomic mass is 79.9. The van der Waals surface area contributed by atoms with E-state index in [0.29, 0.717) is 0 Å². The summed E-state index contributed by atoms with van der Waals surface area (Å²) in [4.78, 5) is 4.11. The van der Waals surface area contributed by atoms with Crippen LogP contribution in [0.5, 0.6) is 0 Å². The average Bonchev–Trinajstić information content (AvgIpc) is 2.15. The molecule has 0 aliphatic heterocycles. The maximum Gasteiger partial charge on any atom is 0.148 e. The quantitative estimate of drug-likeness (QED) is 0.797. The van der Waals surface area contributed by atoms with Gasteiger partial charge in [0.25, 0.3) is 0 Å². The zero-order valence-corrected chi connectivity index (χ0v) is 11.1. The second-order valence-corrected chi connectivity index (χ2v) is 7.01. The third-order valence-corrected chi connectivity index (χ3v) is 4.67. The van der Waals surface area contributed by atoms with Gasteiger partial charge in [0.05, 0.1) is 5.75 Å². The van der Waals surface area contributed by atoms with Crippen LogP contribution in [0.25, 0.3) is 0 Å². The first kappa shape index (κ1) is 12.6. The molecule has 0 aliphatic carbocycles. The number of sulfone groups is 1. The summed E-state index contributed by atoms with van der Waals surface area (Å²) in [7, 11) is -2.95. The van der Waals surface area contributed by atoms with Gasteiger partial charge in [-0.25, -0.2) is 8.42 Å². The van der Waals surface area contributed by atoms with E-state index in [1.807, 2.05) is 25.1 Å². The third kappa shape index (κ3) is 4.30. The molecule has 1 aromatic heterocycles. The number of pyridine rings is 1. The first-order valence-corrected chi connectivity index (χ1v) is 7.60. The Morgan fingerprint density at radius 1 is 1.47 bits per heavy atom. The molecule has 5 heteroatoms. The van der Waals surface area contributed by atoms with Gasteiger partial charge in [0, 0.05) is 28.9 Å². The van der Waals surface area contributed by atoms with Crippen LogP contribution in [-0.4, -0.2) is 30.2 Å². The molecule has 0 aromatic carbocycles. The number of hydrogen-bond donors (Lipinski definition) is 0. The van der Waals surface area contributed by atoms with Gasteiger partial charge >= 0.3 is 0 Å². The summed E-state index contributed by atoms with van der Waals surface area (Å²) < 4.78 is 22.3. The van der Waals surface area contributed by atoms with Gasteiger partial charge in [0.2, 0.25) is 0 Å². The lowest BCUT2D eigenvalue weighted by atomic mass is 10.0. The summed E-state index contributed by atoms with van der Waals surface area (Å²) in [5.41, 5.74) is 0.906. The van der Waals surface area contributed by atoms with Gasteiger partial charge in [-0.05, 0) is 12.1 Å². The van der Waals surface area contributed by atoms with E-state index in [0.717, 1.165) is 5.69 Å². The molecule has 3 nitrogen and oxygen atoms in total. The number of halogens is 1. The molecule has 15 heavy (non-hydrogen) atoms. The van der Waals surface area contributed by atoms with E-state index in [1.54, 1.807) is 6.20 Å².